The number of benzene rings is 2. The van der Waals surface area contributed by atoms with E-state index in [2.05, 4.69) is 73.4 Å². The average molecular weight is 542 g/mol. The van der Waals surface area contributed by atoms with Crippen molar-refractivity contribution in [3.63, 3.8) is 0 Å². The van der Waals surface area contributed by atoms with Gasteiger partial charge in [0.2, 0.25) is 0 Å². The molecule has 30 heavy (non-hydrogen) atoms. The lowest BCUT2D eigenvalue weighted by molar-refractivity contribution is 0.0440. The lowest BCUT2D eigenvalue weighted by Crippen LogP contribution is -2.18. The maximum atomic E-state index is 12.3. The van der Waals surface area contributed by atoms with Gasteiger partial charge in [0, 0.05) is 20.3 Å². The minimum Gasteiger partial charge on any atom is -0.429 e. The van der Waals surface area contributed by atoms with Gasteiger partial charge in [-0.3, -0.25) is 0 Å². The molecule has 0 bridgehead atoms. The Kier molecular flexibility index (Phi) is 7.51. The van der Waals surface area contributed by atoms with E-state index >= 15 is 0 Å². The van der Waals surface area contributed by atoms with Crippen LogP contribution in [0.25, 0.3) is 0 Å². The molecule has 164 valence electrons. The molecule has 0 aromatic heterocycles. The SMILES string of the molecule is CC(C)(C)c1cc(Br)c(N)cc1COC(=O)OCc1cc(N)c(Br)cc1C(C)(C)C. The molecule has 0 spiro atoms. The zero-order chi connectivity index (χ0) is 22.9. The third-order valence-electron chi connectivity index (χ3n) is 4.75. The quantitative estimate of drug-likeness (QED) is 0.327. The van der Waals surface area contributed by atoms with Crippen molar-refractivity contribution in [2.45, 2.75) is 65.6 Å². The van der Waals surface area contributed by atoms with E-state index in [-0.39, 0.29) is 24.0 Å². The first-order chi connectivity index (χ1) is 13.7. The van der Waals surface area contributed by atoms with Crippen LogP contribution >= 0.6 is 31.9 Å². The number of hydrogen-bond acceptors (Lipinski definition) is 5. The second-order valence-corrected chi connectivity index (χ2v) is 11.1. The van der Waals surface area contributed by atoms with Crippen LogP contribution in [0.1, 0.15) is 63.8 Å². The first-order valence-electron chi connectivity index (χ1n) is 9.66. The summed E-state index contributed by atoms with van der Waals surface area (Å²) in [6.45, 7) is 12.7. The largest absolute Gasteiger partial charge is 0.508 e. The van der Waals surface area contributed by atoms with Gasteiger partial charge in [0.15, 0.2) is 0 Å². The molecule has 2 aromatic rings. The van der Waals surface area contributed by atoms with Gasteiger partial charge >= 0.3 is 6.16 Å². The highest BCUT2D eigenvalue weighted by Gasteiger charge is 2.22. The van der Waals surface area contributed by atoms with E-state index in [1.165, 1.54) is 0 Å². The van der Waals surface area contributed by atoms with E-state index < -0.39 is 6.16 Å². The minimum atomic E-state index is -0.738. The standard InChI is InChI=1S/C23H30Br2N2O3/c1-22(2,3)15-9-17(24)19(26)7-13(15)11-29-21(28)30-12-14-8-20(27)18(25)10-16(14)23(4,5)6/h7-10H,11-12,26-27H2,1-6H3. The Morgan fingerprint density at radius 2 is 1.10 bits per heavy atom. The van der Waals surface area contributed by atoms with Crippen molar-refractivity contribution in [1.29, 1.82) is 0 Å². The van der Waals surface area contributed by atoms with Gasteiger partial charge in [-0.25, -0.2) is 4.79 Å². The third-order valence-corrected chi connectivity index (χ3v) is 6.13. The Bertz CT molecular complexity index is 869. The monoisotopic (exact) mass is 540 g/mol. The van der Waals surface area contributed by atoms with E-state index in [1.54, 1.807) is 0 Å². The number of nitrogens with two attached hydrogens (primary N) is 2. The second-order valence-electron chi connectivity index (χ2n) is 9.39. The highest BCUT2D eigenvalue weighted by molar-refractivity contribution is 9.11. The molecule has 0 fully saturated rings. The van der Waals surface area contributed by atoms with Gasteiger partial charge in [-0.2, -0.15) is 0 Å². The van der Waals surface area contributed by atoms with Gasteiger partial charge in [-0.05, 0) is 89.2 Å². The molecule has 0 radical (unpaired) electrons. The smallest absolute Gasteiger partial charge is 0.429 e. The Morgan fingerprint density at radius 3 is 1.40 bits per heavy atom. The van der Waals surface area contributed by atoms with Crippen LogP contribution in [0, 0.1) is 0 Å². The van der Waals surface area contributed by atoms with Crippen LogP contribution in [0.3, 0.4) is 0 Å². The molecule has 7 heteroatoms. The van der Waals surface area contributed by atoms with Crippen LogP contribution in [-0.4, -0.2) is 6.16 Å². The summed E-state index contributed by atoms with van der Waals surface area (Å²) in [6, 6.07) is 7.59. The molecule has 0 aliphatic heterocycles. The van der Waals surface area contributed by atoms with Crippen molar-refractivity contribution in [2.24, 2.45) is 0 Å². The summed E-state index contributed by atoms with van der Waals surface area (Å²) >= 11 is 6.93. The van der Waals surface area contributed by atoms with Gasteiger partial charge in [0.1, 0.15) is 13.2 Å². The lowest BCUT2D eigenvalue weighted by atomic mass is 9.84. The molecular weight excluding hydrogens is 512 g/mol. The Hall–Kier alpha value is -1.73. The lowest BCUT2D eigenvalue weighted by Gasteiger charge is -2.24. The van der Waals surface area contributed by atoms with Crippen molar-refractivity contribution in [3.8, 4) is 0 Å². The maximum absolute atomic E-state index is 12.3. The first-order valence-corrected chi connectivity index (χ1v) is 11.2. The predicted molar refractivity (Wildman–Crippen MR) is 129 cm³/mol. The normalized spacial score (nSPS) is 12.0. The van der Waals surface area contributed by atoms with Crippen molar-refractivity contribution in [1.82, 2.24) is 0 Å². The number of ether oxygens (including phenoxy) is 2. The molecule has 0 aliphatic rings. The van der Waals surface area contributed by atoms with Crippen LogP contribution in [-0.2, 0) is 33.5 Å². The molecule has 2 rings (SSSR count). The van der Waals surface area contributed by atoms with Gasteiger partial charge < -0.3 is 20.9 Å². The zero-order valence-corrected chi connectivity index (χ0v) is 21.5. The fourth-order valence-electron chi connectivity index (χ4n) is 3.22. The van der Waals surface area contributed by atoms with E-state index in [4.69, 9.17) is 20.9 Å². The molecule has 4 N–H and O–H groups in total. The highest BCUT2D eigenvalue weighted by atomic mass is 79.9. The summed E-state index contributed by atoms with van der Waals surface area (Å²) in [5.41, 5.74) is 16.8. The molecular formula is C23H30Br2N2O3. The van der Waals surface area contributed by atoms with E-state index in [0.717, 1.165) is 31.2 Å². The number of anilines is 2. The number of halogens is 2. The van der Waals surface area contributed by atoms with Crippen LogP contribution in [0.4, 0.5) is 16.2 Å². The maximum Gasteiger partial charge on any atom is 0.508 e. The van der Waals surface area contributed by atoms with Crippen molar-refractivity contribution in [3.05, 3.63) is 55.5 Å². The second kappa shape index (κ2) is 9.18. The van der Waals surface area contributed by atoms with Gasteiger partial charge in [-0.1, -0.05) is 41.5 Å². The molecule has 0 amide bonds. The Labute approximate surface area is 195 Å². The third kappa shape index (κ3) is 6.14. The van der Waals surface area contributed by atoms with Gasteiger partial charge in [0.25, 0.3) is 0 Å². The molecule has 0 unspecified atom stereocenters. The van der Waals surface area contributed by atoms with Crippen molar-refractivity contribution < 1.29 is 14.3 Å². The summed E-state index contributed by atoms with van der Waals surface area (Å²) in [4.78, 5) is 12.3. The molecule has 0 saturated heterocycles. The number of carbonyl (C=O) groups excluding carboxylic acids is 1. The molecule has 2 aromatic carbocycles. The summed E-state index contributed by atoms with van der Waals surface area (Å²) in [6.07, 6.45) is -0.738. The van der Waals surface area contributed by atoms with Crippen LogP contribution < -0.4 is 11.5 Å². The highest BCUT2D eigenvalue weighted by Crippen LogP contribution is 2.34. The van der Waals surface area contributed by atoms with E-state index in [9.17, 15) is 4.79 Å². The fourth-order valence-corrected chi connectivity index (χ4v) is 3.91. The summed E-state index contributed by atoms with van der Waals surface area (Å²) in [5, 5.41) is 0. The first kappa shape index (κ1) is 24.5. The van der Waals surface area contributed by atoms with Crippen LogP contribution in [0.2, 0.25) is 0 Å². The van der Waals surface area contributed by atoms with E-state index in [0.29, 0.717) is 11.4 Å². The predicted octanol–water partition coefficient (Wildman–Crippen LogP) is 6.82. The molecule has 0 saturated carbocycles. The van der Waals surface area contributed by atoms with Gasteiger partial charge in [-0.15, -0.1) is 0 Å². The number of hydrogen-bond donors (Lipinski definition) is 2. The minimum absolute atomic E-state index is 0.0809. The molecule has 0 aliphatic carbocycles. The zero-order valence-electron chi connectivity index (χ0n) is 18.4. The van der Waals surface area contributed by atoms with Crippen LogP contribution in [0.15, 0.2) is 33.2 Å². The number of nitrogen functional groups attached to an aromatic ring is 2. The number of rotatable bonds is 4. The topological polar surface area (TPSA) is 87.6 Å². The molecule has 0 heterocycles. The van der Waals surface area contributed by atoms with Crippen molar-refractivity contribution in [2.75, 3.05) is 11.5 Å². The molecule has 5 nitrogen and oxygen atoms in total. The average Bonchev–Trinajstić information content (AvgIpc) is 2.61. The summed E-state index contributed by atoms with van der Waals surface area (Å²) < 4.78 is 12.4. The van der Waals surface area contributed by atoms with Crippen molar-refractivity contribution >= 4 is 49.4 Å². The Morgan fingerprint density at radius 1 is 0.767 bits per heavy atom. The number of carbonyl (C=O) groups is 1. The summed E-state index contributed by atoms with van der Waals surface area (Å²) in [5.74, 6) is 0. The van der Waals surface area contributed by atoms with E-state index in [1.807, 2.05) is 24.3 Å². The summed E-state index contributed by atoms with van der Waals surface area (Å²) in [7, 11) is 0. The molecule has 0 atom stereocenters. The van der Waals surface area contributed by atoms with Crippen LogP contribution in [0.5, 0.6) is 0 Å². The van der Waals surface area contributed by atoms with Gasteiger partial charge in [0.05, 0.1) is 0 Å². The Balaban J connectivity index is 2.12. The fraction of sp³-hybridized carbons (Fsp3) is 0.435.